The molecular weight excluding hydrogens is 226 g/mol. The number of hydrogen-bond donors (Lipinski definition) is 1. The third-order valence-electron chi connectivity index (χ3n) is 1.86. The van der Waals surface area contributed by atoms with Crippen LogP contribution in [0.5, 0.6) is 0 Å². The van der Waals surface area contributed by atoms with Gasteiger partial charge in [0.15, 0.2) is 11.0 Å². The number of H-pyrrole nitrogens is 1. The van der Waals surface area contributed by atoms with E-state index in [0.717, 1.165) is 11.0 Å². The van der Waals surface area contributed by atoms with Crippen LogP contribution in [-0.2, 0) is 11.2 Å². The number of aromatic amines is 1. The van der Waals surface area contributed by atoms with Crippen molar-refractivity contribution in [3.63, 3.8) is 0 Å². The van der Waals surface area contributed by atoms with Gasteiger partial charge in [-0.2, -0.15) is 10.1 Å². The fourth-order valence-electron chi connectivity index (χ4n) is 1.01. The molecule has 0 aliphatic rings. The molecule has 86 valence electrons. The summed E-state index contributed by atoms with van der Waals surface area (Å²) in [5.74, 6) is 1.92. The first kappa shape index (κ1) is 11.1. The first-order chi connectivity index (χ1) is 7.55. The third-order valence-corrected chi connectivity index (χ3v) is 2.73. The summed E-state index contributed by atoms with van der Waals surface area (Å²) in [4.78, 5) is 8.31. The topological polar surface area (TPSA) is 80.5 Å². The highest BCUT2D eigenvalue weighted by Crippen LogP contribution is 2.21. The fourth-order valence-corrected chi connectivity index (χ4v) is 1.63. The zero-order valence-electron chi connectivity index (χ0n) is 9.39. The highest BCUT2D eigenvalue weighted by atomic mass is 32.2. The molecule has 0 aliphatic heterocycles. The predicted molar refractivity (Wildman–Crippen MR) is 58.9 cm³/mol. The Labute approximate surface area is 97.2 Å². The van der Waals surface area contributed by atoms with Crippen LogP contribution < -0.4 is 0 Å². The van der Waals surface area contributed by atoms with Gasteiger partial charge in [0.1, 0.15) is 6.33 Å². The Bertz CT molecular complexity index is 445. The Morgan fingerprint density at radius 1 is 1.44 bits per heavy atom. The monoisotopic (exact) mass is 239 g/mol. The molecule has 0 saturated heterocycles. The number of nitrogens with one attached hydrogen (secondary N) is 1. The van der Waals surface area contributed by atoms with Gasteiger partial charge in [-0.3, -0.25) is 5.10 Å². The lowest BCUT2D eigenvalue weighted by Crippen LogP contribution is -2.13. The average Bonchev–Trinajstić information content (AvgIpc) is 2.85. The van der Waals surface area contributed by atoms with E-state index in [1.54, 1.807) is 0 Å². The Morgan fingerprint density at radius 3 is 2.81 bits per heavy atom. The normalized spacial score (nSPS) is 11.9. The molecule has 0 radical (unpaired) electrons. The fraction of sp³-hybridized carbons (Fsp3) is 0.556. The molecule has 0 atom stereocenters. The molecule has 6 nitrogen and oxygen atoms in total. The Hall–Kier alpha value is -1.37. The van der Waals surface area contributed by atoms with Crippen LogP contribution in [0.2, 0.25) is 0 Å². The van der Waals surface area contributed by atoms with Gasteiger partial charge in [-0.25, -0.2) is 4.98 Å². The molecule has 0 aliphatic carbocycles. The van der Waals surface area contributed by atoms with Crippen molar-refractivity contribution >= 4 is 11.8 Å². The van der Waals surface area contributed by atoms with Crippen LogP contribution in [0.15, 0.2) is 16.0 Å². The number of rotatable bonds is 3. The van der Waals surface area contributed by atoms with Gasteiger partial charge in [0, 0.05) is 5.41 Å². The number of hydrogen-bond acceptors (Lipinski definition) is 6. The second-order valence-corrected chi connectivity index (χ2v) is 5.31. The maximum Gasteiger partial charge on any atom is 0.237 e. The zero-order valence-corrected chi connectivity index (χ0v) is 10.2. The summed E-state index contributed by atoms with van der Waals surface area (Å²) < 4.78 is 5.15. The molecule has 2 rings (SSSR count). The van der Waals surface area contributed by atoms with E-state index < -0.39 is 0 Å². The molecule has 0 unspecified atom stereocenters. The van der Waals surface area contributed by atoms with Gasteiger partial charge >= 0.3 is 0 Å². The van der Waals surface area contributed by atoms with E-state index in [0.29, 0.717) is 11.6 Å². The molecule has 16 heavy (non-hydrogen) atoms. The highest BCUT2D eigenvalue weighted by Gasteiger charge is 2.20. The summed E-state index contributed by atoms with van der Waals surface area (Å²) in [5.41, 5.74) is -0.0847. The lowest BCUT2D eigenvalue weighted by molar-refractivity contribution is 0.373. The van der Waals surface area contributed by atoms with Crippen LogP contribution in [-0.4, -0.2) is 25.3 Å². The van der Waals surface area contributed by atoms with Crippen LogP contribution in [0.4, 0.5) is 0 Å². The molecule has 0 saturated carbocycles. The van der Waals surface area contributed by atoms with E-state index >= 15 is 0 Å². The minimum absolute atomic E-state index is 0.0847. The highest BCUT2D eigenvalue weighted by molar-refractivity contribution is 7.98. The SMILES string of the molecule is CC(C)(C)c1noc(CSc2ncn[nH]2)n1. The summed E-state index contributed by atoms with van der Waals surface area (Å²) in [5, 5.41) is 11.2. The van der Waals surface area contributed by atoms with Crippen LogP contribution >= 0.6 is 11.8 Å². The van der Waals surface area contributed by atoms with Crippen LogP contribution in [0.3, 0.4) is 0 Å². The van der Waals surface area contributed by atoms with Crippen LogP contribution in [0.25, 0.3) is 0 Å². The third kappa shape index (κ3) is 2.60. The molecule has 2 aromatic rings. The van der Waals surface area contributed by atoms with E-state index in [1.807, 2.05) is 20.8 Å². The summed E-state index contributed by atoms with van der Waals surface area (Å²) in [6.07, 6.45) is 1.47. The molecule has 0 spiro atoms. The van der Waals surface area contributed by atoms with Gasteiger partial charge in [0.05, 0.1) is 5.75 Å². The molecule has 0 bridgehead atoms. The summed E-state index contributed by atoms with van der Waals surface area (Å²) >= 11 is 1.48. The van der Waals surface area contributed by atoms with Gasteiger partial charge in [-0.1, -0.05) is 37.7 Å². The summed E-state index contributed by atoms with van der Waals surface area (Å²) in [7, 11) is 0. The summed E-state index contributed by atoms with van der Waals surface area (Å²) in [6, 6.07) is 0. The average molecular weight is 239 g/mol. The maximum absolute atomic E-state index is 5.15. The Morgan fingerprint density at radius 2 is 2.25 bits per heavy atom. The second-order valence-electron chi connectivity index (χ2n) is 4.34. The number of nitrogens with zero attached hydrogens (tertiary/aromatic N) is 4. The van der Waals surface area contributed by atoms with Crippen molar-refractivity contribution in [2.75, 3.05) is 0 Å². The number of aromatic nitrogens is 5. The molecule has 0 fully saturated rings. The van der Waals surface area contributed by atoms with E-state index in [2.05, 4.69) is 25.3 Å². The molecule has 2 aromatic heterocycles. The van der Waals surface area contributed by atoms with Crippen LogP contribution in [0, 0.1) is 0 Å². The van der Waals surface area contributed by atoms with Gasteiger partial charge in [-0.05, 0) is 0 Å². The minimum Gasteiger partial charge on any atom is -0.338 e. The van der Waals surface area contributed by atoms with E-state index in [9.17, 15) is 0 Å². The predicted octanol–water partition coefficient (Wildman–Crippen LogP) is 1.78. The van der Waals surface area contributed by atoms with Crippen molar-refractivity contribution in [1.29, 1.82) is 0 Å². The first-order valence-corrected chi connectivity index (χ1v) is 5.85. The smallest absolute Gasteiger partial charge is 0.237 e. The summed E-state index contributed by atoms with van der Waals surface area (Å²) in [6.45, 7) is 6.14. The van der Waals surface area contributed by atoms with Gasteiger partial charge in [-0.15, -0.1) is 0 Å². The molecule has 7 heteroatoms. The lowest BCUT2D eigenvalue weighted by Gasteiger charge is -2.10. The first-order valence-electron chi connectivity index (χ1n) is 4.87. The van der Waals surface area contributed by atoms with Crippen molar-refractivity contribution in [1.82, 2.24) is 25.3 Å². The largest absolute Gasteiger partial charge is 0.338 e. The minimum atomic E-state index is -0.0847. The van der Waals surface area contributed by atoms with Gasteiger partial charge in [0.25, 0.3) is 0 Å². The quantitative estimate of drug-likeness (QED) is 0.822. The van der Waals surface area contributed by atoms with Crippen molar-refractivity contribution < 1.29 is 4.52 Å². The van der Waals surface area contributed by atoms with Crippen molar-refractivity contribution in [2.45, 2.75) is 37.1 Å². The second kappa shape index (κ2) is 4.25. The van der Waals surface area contributed by atoms with Crippen LogP contribution in [0.1, 0.15) is 32.5 Å². The van der Waals surface area contributed by atoms with Crippen molar-refractivity contribution in [3.8, 4) is 0 Å². The molecule has 1 N–H and O–H groups in total. The standard InChI is InChI=1S/C9H13N5OS/c1-9(2,3)7-12-6(15-14-7)4-16-8-10-5-11-13-8/h5H,4H2,1-3H3,(H,10,11,13). The van der Waals surface area contributed by atoms with E-state index in [4.69, 9.17) is 4.52 Å². The van der Waals surface area contributed by atoms with E-state index in [1.165, 1.54) is 18.1 Å². The van der Waals surface area contributed by atoms with Gasteiger partial charge < -0.3 is 4.52 Å². The maximum atomic E-state index is 5.15. The molecule has 2 heterocycles. The van der Waals surface area contributed by atoms with Crippen molar-refractivity contribution in [2.24, 2.45) is 0 Å². The molecular formula is C9H13N5OS. The number of thioether (sulfide) groups is 1. The van der Waals surface area contributed by atoms with Crippen molar-refractivity contribution in [3.05, 3.63) is 18.0 Å². The Kier molecular flexibility index (Phi) is 2.95. The lowest BCUT2D eigenvalue weighted by atomic mass is 9.96. The van der Waals surface area contributed by atoms with E-state index in [-0.39, 0.29) is 5.41 Å². The zero-order chi connectivity index (χ0) is 11.6. The molecule has 0 aromatic carbocycles. The molecule has 0 amide bonds. The van der Waals surface area contributed by atoms with Gasteiger partial charge in [0.2, 0.25) is 5.89 Å². The Balaban J connectivity index is 1.98.